The molecular weight excluding hydrogens is 256 g/mol. The van der Waals surface area contributed by atoms with Crippen molar-refractivity contribution in [3.05, 3.63) is 36.0 Å². The van der Waals surface area contributed by atoms with Crippen molar-refractivity contribution in [2.75, 3.05) is 6.54 Å². The van der Waals surface area contributed by atoms with Gasteiger partial charge in [-0.3, -0.25) is 0 Å². The first-order valence-electron chi connectivity index (χ1n) is 8.63. The molecule has 1 heterocycles. The highest BCUT2D eigenvalue weighted by atomic mass is 14.9. The van der Waals surface area contributed by atoms with Crippen LogP contribution in [-0.4, -0.2) is 11.1 Å². The molecule has 0 fully saturated rings. The van der Waals surface area contributed by atoms with Crippen molar-refractivity contribution < 1.29 is 0 Å². The van der Waals surface area contributed by atoms with Crippen molar-refractivity contribution in [3.63, 3.8) is 0 Å². The van der Waals surface area contributed by atoms with Crippen LogP contribution >= 0.6 is 0 Å². The van der Waals surface area contributed by atoms with E-state index in [9.17, 15) is 0 Å². The van der Waals surface area contributed by atoms with Crippen LogP contribution < -0.4 is 5.73 Å². The Labute approximate surface area is 129 Å². The number of rotatable bonds is 10. The summed E-state index contributed by atoms with van der Waals surface area (Å²) < 4.78 is 2.40. The second kappa shape index (κ2) is 8.89. The zero-order valence-corrected chi connectivity index (χ0v) is 13.5. The number of nitrogens with zero attached hydrogens (tertiary/aromatic N) is 1. The smallest absolute Gasteiger partial charge is 0.0480 e. The Morgan fingerprint density at radius 1 is 0.952 bits per heavy atom. The third-order valence-corrected chi connectivity index (χ3v) is 4.27. The summed E-state index contributed by atoms with van der Waals surface area (Å²) in [7, 11) is 0. The molecule has 2 N–H and O–H groups in total. The molecule has 0 saturated heterocycles. The molecule has 0 saturated carbocycles. The molecular formula is C19H30N2. The van der Waals surface area contributed by atoms with E-state index in [1.807, 2.05) is 0 Å². The number of hydrogen-bond acceptors (Lipinski definition) is 1. The van der Waals surface area contributed by atoms with Crippen molar-refractivity contribution in [2.24, 2.45) is 5.73 Å². The maximum Gasteiger partial charge on any atom is 0.0480 e. The van der Waals surface area contributed by atoms with E-state index in [4.69, 9.17) is 5.73 Å². The van der Waals surface area contributed by atoms with Crippen molar-refractivity contribution in [2.45, 2.75) is 64.8 Å². The van der Waals surface area contributed by atoms with Gasteiger partial charge in [-0.1, -0.05) is 51.5 Å². The molecule has 2 rings (SSSR count). The third kappa shape index (κ3) is 4.89. The summed E-state index contributed by atoms with van der Waals surface area (Å²) in [5.74, 6) is 0. The number of fused-ring (bicyclic) bond motifs is 1. The lowest BCUT2D eigenvalue weighted by Crippen LogP contribution is -2.02. The van der Waals surface area contributed by atoms with Gasteiger partial charge in [-0.05, 0) is 48.5 Å². The number of hydrogen-bond donors (Lipinski definition) is 1. The van der Waals surface area contributed by atoms with E-state index in [1.54, 1.807) is 0 Å². The van der Waals surface area contributed by atoms with E-state index in [0.29, 0.717) is 0 Å². The van der Waals surface area contributed by atoms with Gasteiger partial charge in [-0.15, -0.1) is 0 Å². The Hall–Kier alpha value is -1.28. The van der Waals surface area contributed by atoms with E-state index in [0.717, 1.165) is 19.5 Å². The second-order valence-corrected chi connectivity index (χ2v) is 6.06. The zero-order valence-electron chi connectivity index (χ0n) is 13.5. The molecule has 0 unspecified atom stereocenters. The highest BCUT2D eigenvalue weighted by Crippen LogP contribution is 2.19. The standard InChI is InChI=1S/C19H30N2/c1-2-3-4-5-6-7-8-14-21-15-12-18-16-17(11-13-20)9-10-19(18)21/h9-10,12,15-16H,2-8,11,13-14,20H2,1H3. The second-order valence-electron chi connectivity index (χ2n) is 6.06. The molecule has 0 aliphatic rings. The van der Waals surface area contributed by atoms with E-state index in [1.165, 1.54) is 61.4 Å². The fourth-order valence-electron chi connectivity index (χ4n) is 3.01. The minimum atomic E-state index is 0.726. The fraction of sp³-hybridized carbons (Fsp3) is 0.579. The summed E-state index contributed by atoms with van der Waals surface area (Å²) >= 11 is 0. The molecule has 0 amide bonds. The Morgan fingerprint density at radius 2 is 1.71 bits per heavy atom. The van der Waals surface area contributed by atoms with Crippen LogP contribution in [0.25, 0.3) is 10.9 Å². The molecule has 21 heavy (non-hydrogen) atoms. The highest BCUT2D eigenvalue weighted by Gasteiger charge is 2.02. The van der Waals surface area contributed by atoms with E-state index in [-0.39, 0.29) is 0 Å². The molecule has 0 spiro atoms. The fourth-order valence-corrected chi connectivity index (χ4v) is 3.01. The van der Waals surface area contributed by atoms with E-state index >= 15 is 0 Å². The molecule has 0 radical (unpaired) electrons. The maximum absolute atomic E-state index is 5.63. The van der Waals surface area contributed by atoms with Crippen LogP contribution in [0.15, 0.2) is 30.5 Å². The molecule has 2 nitrogen and oxygen atoms in total. The first-order chi connectivity index (χ1) is 10.3. The monoisotopic (exact) mass is 286 g/mol. The van der Waals surface area contributed by atoms with Crippen LogP contribution in [0.1, 0.15) is 57.4 Å². The summed E-state index contributed by atoms with van der Waals surface area (Å²) in [6.07, 6.45) is 12.8. The summed E-state index contributed by atoms with van der Waals surface area (Å²) in [5, 5.41) is 1.35. The summed E-state index contributed by atoms with van der Waals surface area (Å²) in [5.41, 5.74) is 8.34. The van der Waals surface area contributed by atoms with E-state index < -0.39 is 0 Å². The summed E-state index contributed by atoms with van der Waals surface area (Å²) in [6, 6.07) is 8.98. The van der Waals surface area contributed by atoms with Gasteiger partial charge in [0.1, 0.15) is 0 Å². The van der Waals surface area contributed by atoms with Crippen molar-refractivity contribution in [1.82, 2.24) is 4.57 Å². The van der Waals surface area contributed by atoms with Gasteiger partial charge in [-0.25, -0.2) is 0 Å². The molecule has 0 bridgehead atoms. The lowest BCUT2D eigenvalue weighted by molar-refractivity contribution is 0.556. The van der Waals surface area contributed by atoms with Gasteiger partial charge in [0, 0.05) is 18.3 Å². The topological polar surface area (TPSA) is 30.9 Å². The van der Waals surface area contributed by atoms with Crippen molar-refractivity contribution in [3.8, 4) is 0 Å². The van der Waals surface area contributed by atoms with Gasteiger partial charge in [0.25, 0.3) is 0 Å². The van der Waals surface area contributed by atoms with Crippen LogP contribution in [0.3, 0.4) is 0 Å². The first kappa shape index (κ1) is 16.1. The highest BCUT2D eigenvalue weighted by molar-refractivity contribution is 5.80. The summed E-state index contributed by atoms with van der Waals surface area (Å²) in [4.78, 5) is 0. The Morgan fingerprint density at radius 3 is 2.48 bits per heavy atom. The molecule has 0 aliphatic heterocycles. The number of aryl methyl sites for hydroxylation is 1. The number of unbranched alkanes of at least 4 members (excludes halogenated alkanes) is 6. The largest absolute Gasteiger partial charge is 0.347 e. The maximum atomic E-state index is 5.63. The lowest BCUT2D eigenvalue weighted by atomic mass is 10.1. The Kier molecular flexibility index (Phi) is 6.81. The summed E-state index contributed by atoms with van der Waals surface area (Å²) in [6.45, 7) is 4.15. The minimum Gasteiger partial charge on any atom is -0.347 e. The molecule has 2 heteroatoms. The first-order valence-corrected chi connectivity index (χ1v) is 8.63. The lowest BCUT2D eigenvalue weighted by Gasteiger charge is -2.06. The van der Waals surface area contributed by atoms with Crippen LogP contribution in [-0.2, 0) is 13.0 Å². The molecule has 1 aromatic carbocycles. The predicted molar refractivity (Wildman–Crippen MR) is 92.7 cm³/mol. The van der Waals surface area contributed by atoms with Crippen LogP contribution in [0.2, 0.25) is 0 Å². The molecule has 0 atom stereocenters. The SMILES string of the molecule is CCCCCCCCCn1ccc2cc(CCN)ccc21. The Bertz CT molecular complexity index is 527. The van der Waals surface area contributed by atoms with Crippen molar-refractivity contribution in [1.29, 1.82) is 0 Å². The quantitative estimate of drug-likeness (QED) is 0.619. The minimum absolute atomic E-state index is 0.726. The van der Waals surface area contributed by atoms with Gasteiger partial charge in [0.05, 0.1) is 0 Å². The Balaban J connectivity index is 1.80. The predicted octanol–water partition coefficient (Wildman–Crippen LogP) is 4.89. The average Bonchev–Trinajstić information content (AvgIpc) is 2.89. The third-order valence-electron chi connectivity index (χ3n) is 4.27. The van der Waals surface area contributed by atoms with Gasteiger partial charge in [0.15, 0.2) is 0 Å². The van der Waals surface area contributed by atoms with Gasteiger partial charge in [0.2, 0.25) is 0 Å². The number of aromatic nitrogens is 1. The number of benzene rings is 1. The molecule has 2 aromatic rings. The van der Waals surface area contributed by atoms with Gasteiger partial charge in [-0.2, -0.15) is 0 Å². The van der Waals surface area contributed by atoms with Crippen LogP contribution in [0.4, 0.5) is 0 Å². The van der Waals surface area contributed by atoms with Crippen LogP contribution in [0.5, 0.6) is 0 Å². The molecule has 116 valence electrons. The normalized spacial score (nSPS) is 11.3. The zero-order chi connectivity index (χ0) is 14.9. The number of nitrogens with two attached hydrogens (primary N) is 1. The van der Waals surface area contributed by atoms with Gasteiger partial charge >= 0.3 is 0 Å². The molecule has 1 aromatic heterocycles. The van der Waals surface area contributed by atoms with E-state index in [2.05, 4.69) is 42.0 Å². The van der Waals surface area contributed by atoms with Crippen LogP contribution in [0, 0.1) is 0 Å². The molecule has 0 aliphatic carbocycles. The van der Waals surface area contributed by atoms with Crippen molar-refractivity contribution >= 4 is 10.9 Å². The average molecular weight is 286 g/mol. The van der Waals surface area contributed by atoms with Gasteiger partial charge < -0.3 is 10.3 Å².